The summed E-state index contributed by atoms with van der Waals surface area (Å²) in [6.07, 6.45) is 2.26. The number of aliphatic carboxylic acids is 1. The smallest absolute Gasteiger partial charge is 0.306 e. The summed E-state index contributed by atoms with van der Waals surface area (Å²) < 4.78 is 0. The average molecular weight is 382 g/mol. The lowest BCUT2D eigenvalue weighted by atomic mass is 9.68. The second-order valence-corrected chi connectivity index (χ2v) is 8.43. The van der Waals surface area contributed by atoms with Gasteiger partial charge in [0.25, 0.3) is 0 Å². The third kappa shape index (κ3) is 4.74. The van der Waals surface area contributed by atoms with Crippen LogP contribution < -0.4 is 0 Å². The highest BCUT2D eigenvalue weighted by molar-refractivity contribution is 5.70. The first kappa shape index (κ1) is 20.4. The Morgan fingerprint density at radius 1 is 1.21 bits per heavy atom. The lowest BCUT2D eigenvalue weighted by molar-refractivity contribution is -0.142. The monoisotopic (exact) mass is 381 g/mol. The minimum Gasteiger partial charge on any atom is -0.508 e. The second kappa shape index (κ2) is 8.78. The van der Waals surface area contributed by atoms with Crippen LogP contribution in [0, 0.1) is 11.8 Å². The van der Waals surface area contributed by atoms with Crippen LogP contribution in [0.25, 0.3) is 0 Å². The number of piperidine rings is 1. The summed E-state index contributed by atoms with van der Waals surface area (Å²) >= 11 is 0. The van der Waals surface area contributed by atoms with Crippen molar-refractivity contribution in [2.45, 2.75) is 38.5 Å². The van der Waals surface area contributed by atoms with Gasteiger partial charge < -0.3 is 15.1 Å². The van der Waals surface area contributed by atoms with Crippen molar-refractivity contribution in [3.63, 3.8) is 0 Å². The zero-order valence-corrected chi connectivity index (χ0v) is 16.8. The number of carboxylic acids is 1. The molecule has 3 unspecified atom stereocenters. The van der Waals surface area contributed by atoms with Gasteiger partial charge in [0.1, 0.15) is 5.75 Å². The summed E-state index contributed by atoms with van der Waals surface area (Å²) in [6, 6.07) is 17.5. The fourth-order valence-electron chi connectivity index (χ4n) is 4.36. The zero-order chi connectivity index (χ0) is 20.1. The molecular weight excluding hydrogens is 350 g/mol. The van der Waals surface area contributed by atoms with Gasteiger partial charge in [-0.25, -0.2) is 0 Å². The van der Waals surface area contributed by atoms with Crippen LogP contribution in [0.5, 0.6) is 5.75 Å². The van der Waals surface area contributed by atoms with Gasteiger partial charge in [0.05, 0.1) is 5.92 Å². The second-order valence-electron chi connectivity index (χ2n) is 8.43. The van der Waals surface area contributed by atoms with Gasteiger partial charge >= 0.3 is 5.97 Å². The van der Waals surface area contributed by atoms with Gasteiger partial charge in [0.2, 0.25) is 0 Å². The summed E-state index contributed by atoms with van der Waals surface area (Å²) in [5, 5.41) is 19.5. The van der Waals surface area contributed by atoms with Crippen LogP contribution in [0.2, 0.25) is 0 Å². The largest absolute Gasteiger partial charge is 0.508 e. The van der Waals surface area contributed by atoms with E-state index >= 15 is 0 Å². The van der Waals surface area contributed by atoms with Crippen molar-refractivity contribution in [3.8, 4) is 5.75 Å². The molecule has 0 aromatic heterocycles. The van der Waals surface area contributed by atoms with Crippen molar-refractivity contribution in [2.75, 3.05) is 19.6 Å². The van der Waals surface area contributed by atoms with Crippen LogP contribution in [-0.2, 0) is 16.6 Å². The number of phenols is 1. The molecular formula is C24H31NO3. The first-order valence-electron chi connectivity index (χ1n) is 10.2. The number of hydrogen-bond acceptors (Lipinski definition) is 3. The Morgan fingerprint density at radius 3 is 2.61 bits per heavy atom. The first-order valence-corrected chi connectivity index (χ1v) is 10.2. The standard InChI is InChI=1S/C24H31NO3/c1-18-17-25(14-12-24(18,2)21-9-6-10-22(26)16-21)13-11-20(23(27)28)15-19-7-4-3-5-8-19/h3-10,16,18,20,26H,11-15,17H2,1-2H3,(H,27,28). The quantitative estimate of drug-likeness (QED) is 0.750. The molecule has 2 N–H and O–H groups in total. The highest BCUT2D eigenvalue weighted by Crippen LogP contribution is 2.40. The van der Waals surface area contributed by atoms with Crippen molar-refractivity contribution in [1.82, 2.24) is 4.90 Å². The van der Waals surface area contributed by atoms with Crippen LogP contribution >= 0.6 is 0 Å². The summed E-state index contributed by atoms with van der Waals surface area (Å²) in [7, 11) is 0. The number of likely N-dealkylation sites (tertiary alicyclic amines) is 1. The normalized spacial score (nSPS) is 24.0. The Morgan fingerprint density at radius 2 is 1.96 bits per heavy atom. The van der Waals surface area contributed by atoms with Gasteiger partial charge in [-0.1, -0.05) is 56.3 Å². The summed E-state index contributed by atoms with van der Waals surface area (Å²) in [5.74, 6) is -0.311. The molecule has 3 rings (SSSR count). The van der Waals surface area contributed by atoms with E-state index in [0.29, 0.717) is 24.5 Å². The fraction of sp³-hybridized carbons (Fsp3) is 0.458. The first-order chi connectivity index (χ1) is 13.4. The Balaban J connectivity index is 1.58. The molecule has 2 aromatic carbocycles. The molecule has 1 aliphatic heterocycles. The molecule has 28 heavy (non-hydrogen) atoms. The average Bonchev–Trinajstić information content (AvgIpc) is 2.68. The van der Waals surface area contributed by atoms with Gasteiger partial charge in [0, 0.05) is 6.54 Å². The van der Waals surface area contributed by atoms with E-state index in [1.807, 2.05) is 42.5 Å². The molecule has 150 valence electrons. The SMILES string of the molecule is CC1CN(CCC(Cc2ccccc2)C(=O)O)CCC1(C)c1cccc(O)c1. The molecule has 1 fully saturated rings. The number of aromatic hydroxyl groups is 1. The molecule has 4 heteroatoms. The molecule has 4 nitrogen and oxygen atoms in total. The van der Waals surface area contributed by atoms with Gasteiger partial charge in [-0.2, -0.15) is 0 Å². The molecule has 0 aliphatic carbocycles. The van der Waals surface area contributed by atoms with E-state index in [-0.39, 0.29) is 11.3 Å². The minimum absolute atomic E-state index is 0.0332. The number of nitrogens with zero attached hydrogens (tertiary/aromatic N) is 1. The van der Waals surface area contributed by atoms with E-state index < -0.39 is 5.97 Å². The molecule has 2 aromatic rings. The predicted octanol–water partition coefficient (Wildman–Crippen LogP) is 4.33. The fourth-order valence-corrected chi connectivity index (χ4v) is 4.36. The topological polar surface area (TPSA) is 60.8 Å². The van der Waals surface area contributed by atoms with Gasteiger partial charge in [0.15, 0.2) is 0 Å². The molecule has 0 amide bonds. The number of benzene rings is 2. The van der Waals surface area contributed by atoms with E-state index in [2.05, 4.69) is 24.8 Å². The van der Waals surface area contributed by atoms with Crippen LogP contribution in [0.4, 0.5) is 0 Å². The maximum absolute atomic E-state index is 11.7. The van der Waals surface area contributed by atoms with E-state index in [0.717, 1.165) is 31.6 Å². The Bertz CT molecular complexity index is 791. The van der Waals surface area contributed by atoms with Crippen molar-refractivity contribution in [3.05, 3.63) is 65.7 Å². The number of hydrogen-bond donors (Lipinski definition) is 2. The lowest BCUT2D eigenvalue weighted by Gasteiger charge is -2.45. The number of phenolic OH excluding ortho intramolecular Hbond substituents is 1. The van der Waals surface area contributed by atoms with Gasteiger partial charge in [-0.3, -0.25) is 4.79 Å². The number of carboxylic acid groups (broad SMARTS) is 1. The molecule has 0 saturated carbocycles. The molecule has 1 aliphatic rings. The van der Waals surface area contributed by atoms with E-state index in [9.17, 15) is 15.0 Å². The molecule has 1 heterocycles. The highest BCUT2D eigenvalue weighted by atomic mass is 16.4. The van der Waals surface area contributed by atoms with E-state index in [1.165, 1.54) is 5.56 Å². The number of carbonyl (C=O) groups is 1. The zero-order valence-electron chi connectivity index (χ0n) is 16.8. The van der Waals surface area contributed by atoms with Crippen molar-refractivity contribution < 1.29 is 15.0 Å². The summed E-state index contributed by atoms with van der Waals surface area (Å²) in [5.41, 5.74) is 2.30. The van der Waals surface area contributed by atoms with Crippen molar-refractivity contribution in [1.29, 1.82) is 0 Å². The molecule has 1 saturated heterocycles. The van der Waals surface area contributed by atoms with Crippen molar-refractivity contribution in [2.24, 2.45) is 11.8 Å². The molecule has 0 radical (unpaired) electrons. The molecule has 3 atom stereocenters. The predicted molar refractivity (Wildman–Crippen MR) is 112 cm³/mol. The van der Waals surface area contributed by atoms with Gasteiger partial charge in [-0.05, 0) is 66.9 Å². The summed E-state index contributed by atoms with van der Waals surface area (Å²) in [4.78, 5) is 14.1. The summed E-state index contributed by atoms with van der Waals surface area (Å²) in [6.45, 7) is 7.25. The molecule has 0 bridgehead atoms. The Labute approximate surface area is 167 Å². The Kier molecular flexibility index (Phi) is 6.40. The van der Waals surface area contributed by atoms with Crippen LogP contribution in [-0.4, -0.2) is 40.7 Å². The van der Waals surface area contributed by atoms with Crippen molar-refractivity contribution >= 4 is 5.97 Å². The van der Waals surface area contributed by atoms with Crippen LogP contribution in [0.3, 0.4) is 0 Å². The molecule has 0 spiro atoms. The van der Waals surface area contributed by atoms with E-state index in [4.69, 9.17) is 0 Å². The minimum atomic E-state index is -0.710. The maximum Gasteiger partial charge on any atom is 0.306 e. The third-order valence-electron chi connectivity index (χ3n) is 6.54. The Hall–Kier alpha value is -2.33. The third-order valence-corrected chi connectivity index (χ3v) is 6.54. The van der Waals surface area contributed by atoms with Gasteiger partial charge in [-0.15, -0.1) is 0 Å². The maximum atomic E-state index is 11.7. The van der Waals surface area contributed by atoms with E-state index in [1.54, 1.807) is 6.07 Å². The number of rotatable bonds is 7. The van der Waals surface area contributed by atoms with Crippen LogP contribution in [0.1, 0.15) is 37.8 Å². The lowest BCUT2D eigenvalue weighted by Crippen LogP contribution is -2.47. The highest BCUT2D eigenvalue weighted by Gasteiger charge is 2.38. The van der Waals surface area contributed by atoms with Crippen LogP contribution in [0.15, 0.2) is 54.6 Å².